The molecular weight excluding hydrogens is 338 g/mol. The zero-order valence-corrected chi connectivity index (χ0v) is 14.7. The molecule has 1 amide bonds. The van der Waals surface area contributed by atoms with Crippen molar-refractivity contribution < 1.29 is 14.3 Å². The Bertz CT molecular complexity index is 845. The Kier molecular flexibility index (Phi) is 5.25. The van der Waals surface area contributed by atoms with Gasteiger partial charge < -0.3 is 14.8 Å². The first-order valence-corrected chi connectivity index (χ1v) is 8.44. The van der Waals surface area contributed by atoms with Gasteiger partial charge in [-0.2, -0.15) is 0 Å². The van der Waals surface area contributed by atoms with Gasteiger partial charge in [0.2, 0.25) is 5.88 Å². The first-order chi connectivity index (χ1) is 12.2. The highest BCUT2D eigenvalue weighted by atomic mass is 32.1. The lowest BCUT2D eigenvalue weighted by Crippen LogP contribution is -2.23. The zero-order valence-electron chi connectivity index (χ0n) is 13.9. The maximum atomic E-state index is 12.3. The first-order valence-electron chi connectivity index (χ1n) is 7.56. The molecule has 7 heteroatoms. The fraction of sp³-hybridized carbons (Fsp3) is 0.167. The number of hydrogen-bond donors (Lipinski definition) is 1. The molecule has 0 bridgehead atoms. The van der Waals surface area contributed by atoms with E-state index in [4.69, 9.17) is 9.47 Å². The third kappa shape index (κ3) is 4.13. The molecule has 0 spiro atoms. The Morgan fingerprint density at radius 2 is 1.92 bits per heavy atom. The molecule has 25 heavy (non-hydrogen) atoms. The number of nitrogens with zero attached hydrogens (tertiary/aromatic N) is 2. The van der Waals surface area contributed by atoms with Gasteiger partial charge in [-0.05, 0) is 29.8 Å². The normalized spacial score (nSPS) is 10.3. The van der Waals surface area contributed by atoms with Gasteiger partial charge >= 0.3 is 0 Å². The van der Waals surface area contributed by atoms with Crippen LogP contribution in [0.25, 0.3) is 10.6 Å². The van der Waals surface area contributed by atoms with E-state index in [0.29, 0.717) is 18.1 Å². The number of carbonyl (C=O) groups is 1. The van der Waals surface area contributed by atoms with Crippen molar-refractivity contribution in [3.8, 4) is 22.2 Å². The molecule has 0 aliphatic heterocycles. The zero-order chi connectivity index (χ0) is 17.6. The van der Waals surface area contributed by atoms with E-state index in [1.807, 2.05) is 30.3 Å². The van der Waals surface area contributed by atoms with Crippen LogP contribution in [0.5, 0.6) is 11.6 Å². The predicted octanol–water partition coefficient (Wildman–Crippen LogP) is 3.15. The summed E-state index contributed by atoms with van der Waals surface area (Å²) in [6.45, 7) is 0.380. The van der Waals surface area contributed by atoms with Crippen molar-refractivity contribution in [3.63, 3.8) is 0 Å². The highest BCUT2D eigenvalue weighted by molar-refractivity contribution is 7.13. The van der Waals surface area contributed by atoms with Gasteiger partial charge in [-0.3, -0.25) is 4.79 Å². The quantitative estimate of drug-likeness (QED) is 0.735. The lowest BCUT2D eigenvalue weighted by atomic mass is 10.2. The Balaban J connectivity index is 1.63. The maximum absolute atomic E-state index is 12.3. The lowest BCUT2D eigenvalue weighted by Gasteiger charge is -2.04. The molecular formula is C18H17N3O3S. The molecule has 0 radical (unpaired) electrons. The Morgan fingerprint density at radius 3 is 2.56 bits per heavy atom. The van der Waals surface area contributed by atoms with E-state index in [1.54, 1.807) is 31.9 Å². The molecule has 0 aliphatic rings. The van der Waals surface area contributed by atoms with Crippen LogP contribution < -0.4 is 14.8 Å². The van der Waals surface area contributed by atoms with E-state index in [9.17, 15) is 4.79 Å². The van der Waals surface area contributed by atoms with Crippen LogP contribution in [0, 0.1) is 0 Å². The molecule has 2 heterocycles. The molecule has 0 saturated carbocycles. The number of pyridine rings is 1. The summed E-state index contributed by atoms with van der Waals surface area (Å²) < 4.78 is 10.2. The topological polar surface area (TPSA) is 73.3 Å². The minimum absolute atomic E-state index is 0.216. The number of aromatic nitrogens is 2. The van der Waals surface area contributed by atoms with Crippen molar-refractivity contribution in [2.45, 2.75) is 6.54 Å². The first kappa shape index (κ1) is 16.9. The van der Waals surface area contributed by atoms with Gasteiger partial charge in [0.25, 0.3) is 5.91 Å². The summed E-state index contributed by atoms with van der Waals surface area (Å²) in [5, 5.41) is 5.38. The number of thiazole rings is 1. The minimum Gasteiger partial charge on any atom is -0.497 e. The fourth-order valence-corrected chi connectivity index (χ4v) is 2.96. The van der Waals surface area contributed by atoms with E-state index in [1.165, 1.54) is 11.3 Å². The molecule has 0 unspecified atom stereocenters. The summed E-state index contributed by atoms with van der Waals surface area (Å²) in [6.07, 6.45) is 1.67. The molecule has 0 fully saturated rings. The fourth-order valence-electron chi connectivity index (χ4n) is 2.15. The number of carbonyl (C=O) groups excluding carboxylic acids is 1. The Hall–Kier alpha value is -2.93. The second-order valence-corrected chi connectivity index (χ2v) is 6.02. The van der Waals surface area contributed by atoms with Crippen LogP contribution in [-0.4, -0.2) is 30.1 Å². The van der Waals surface area contributed by atoms with Crippen LogP contribution in [0.2, 0.25) is 0 Å². The molecule has 3 aromatic rings. The SMILES string of the molecule is COc1ccc(-c2nc(C(=O)NCc3ccc(OC)nc3)cs2)cc1. The molecule has 0 aliphatic carbocycles. The number of hydrogen-bond acceptors (Lipinski definition) is 6. The van der Waals surface area contributed by atoms with E-state index in [0.717, 1.165) is 21.9 Å². The van der Waals surface area contributed by atoms with Crippen molar-refractivity contribution in [2.24, 2.45) is 0 Å². The van der Waals surface area contributed by atoms with E-state index in [2.05, 4.69) is 15.3 Å². The van der Waals surface area contributed by atoms with E-state index >= 15 is 0 Å². The number of benzene rings is 1. The summed E-state index contributed by atoms with van der Waals surface area (Å²) in [7, 11) is 3.19. The number of nitrogens with one attached hydrogen (secondary N) is 1. The van der Waals surface area contributed by atoms with Crippen LogP contribution in [-0.2, 0) is 6.54 Å². The molecule has 1 aromatic carbocycles. The molecule has 0 saturated heterocycles. The minimum atomic E-state index is -0.216. The molecule has 0 atom stereocenters. The summed E-state index contributed by atoms with van der Waals surface area (Å²) in [6, 6.07) is 11.2. The Morgan fingerprint density at radius 1 is 1.12 bits per heavy atom. The van der Waals surface area contributed by atoms with Gasteiger partial charge in [0.1, 0.15) is 16.5 Å². The third-order valence-electron chi connectivity index (χ3n) is 3.53. The van der Waals surface area contributed by atoms with Crippen molar-refractivity contribution in [3.05, 3.63) is 59.2 Å². The van der Waals surface area contributed by atoms with Gasteiger partial charge in [-0.25, -0.2) is 9.97 Å². The Labute approximate surface area is 149 Å². The average molecular weight is 355 g/mol. The number of amides is 1. The predicted molar refractivity (Wildman–Crippen MR) is 96.1 cm³/mol. The lowest BCUT2D eigenvalue weighted by molar-refractivity contribution is 0.0946. The van der Waals surface area contributed by atoms with Gasteiger partial charge in [0.05, 0.1) is 14.2 Å². The number of methoxy groups -OCH3 is 2. The summed E-state index contributed by atoms with van der Waals surface area (Å²) in [5.74, 6) is 1.11. The second-order valence-electron chi connectivity index (χ2n) is 5.16. The largest absolute Gasteiger partial charge is 0.497 e. The second kappa shape index (κ2) is 7.76. The standard InChI is InChI=1S/C18H17N3O3S/c1-23-14-6-4-13(5-7-14)18-21-15(11-25-18)17(22)20-10-12-3-8-16(24-2)19-9-12/h3-9,11H,10H2,1-2H3,(H,20,22). The average Bonchev–Trinajstić information content (AvgIpc) is 3.17. The van der Waals surface area contributed by atoms with E-state index in [-0.39, 0.29) is 5.91 Å². The molecule has 128 valence electrons. The summed E-state index contributed by atoms with van der Waals surface area (Å²) in [4.78, 5) is 20.8. The monoisotopic (exact) mass is 355 g/mol. The molecule has 2 aromatic heterocycles. The highest BCUT2D eigenvalue weighted by Crippen LogP contribution is 2.25. The van der Waals surface area contributed by atoms with Gasteiger partial charge in [-0.1, -0.05) is 6.07 Å². The number of rotatable bonds is 6. The highest BCUT2D eigenvalue weighted by Gasteiger charge is 2.12. The van der Waals surface area contributed by atoms with Crippen molar-refractivity contribution in [2.75, 3.05) is 14.2 Å². The molecule has 6 nitrogen and oxygen atoms in total. The summed E-state index contributed by atoms with van der Waals surface area (Å²) >= 11 is 1.43. The van der Waals surface area contributed by atoms with Gasteiger partial charge in [-0.15, -0.1) is 11.3 Å². The van der Waals surface area contributed by atoms with Gasteiger partial charge in [0.15, 0.2) is 0 Å². The van der Waals surface area contributed by atoms with Crippen LogP contribution in [0.1, 0.15) is 16.1 Å². The smallest absolute Gasteiger partial charge is 0.271 e. The van der Waals surface area contributed by atoms with Crippen molar-refractivity contribution in [1.82, 2.24) is 15.3 Å². The third-order valence-corrected chi connectivity index (χ3v) is 4.42. The molecule has 1 N–H and O–H groups in total. The van der Waals surface area contributed by atoms with Crippen molar-refractivity contribution in [1.29, 1.82) is 0 Å². The number of ether oxygens (including phenoxy) is 2. The van der Waals surface area contributed by atoms with Crippen LogP contribution in [0.3, 0.4) is 0 Å². The van der Waals surface area contributed by atoms with Crippen LogP contribution >= 0.6 is 11.3 Å². The van der Waals surface area contributed by atoms with Crippen LogP contribution in [0.4, 0.5) is 0 Å². The van der Waals surface area contributed by atoms with E-state index < -0.39 is 0 Å². The summed E-state index contributed by atoms with van der Waals surface area (Å²) in [5.41, 5.74) is 2.24. The maximum Gasteiger partial charge on any atom is 0.271 e. The van der Waals surface area contributed by atoms with Crippen LogP contribution in [0.15, 0.2) is 48.0 Å². The molecule has 3 rings (SSSR count). The van der Waals surface area contributed by atoms with Crippen molar-refractivity contribution >= 4 is 17.2 Å². The van der Waals surface area contributed by atoms with Gasteiger partial charge in [0, 0.05) is 29.8 Å².